The van der Waals surface area contributed by atoms with Gasteiger partial charge in [-0.15, -0.1) is 0 Å². The Kier molecular flexibility index (Phi) is 5.60. The van der Waals surface area contributed by atoms with Gasteiger partial charge in [0.25, 0.3) is 0 Å². The van der Waals surface area contributed by atoms with Crippen LogP contribution in [0.2, 0.25) is 0 Å². The molecule has 0 atom stereocenters. The normalized spacial score (nSPS) is 12.9. The van der Waals surface area contributed by atoms with Crippen molar-refractivity contribution in [3.63, 3.8) is 0 Å². The Balaban J connectivity index is 1.54. The fraction of sp³-hybridized carbons (Fsp3) is 0.0270. The molecule has 0 unspecified atom stereocenters. The van der Waals surface area contributed by atoms with Crippen LogP contribution in [0.1, 0.15) is 22.3 Å². The summed E-state index contributed by atoms with van der Waals surface area (Å²) in [5.41, 5.74) is 9.93. The minimum Gasteiger partial charge on any atom is -0.310 e. The Morgan fingerprint density at radius 3 is 1.54 bits per heavy atom. The van der Waals surface area contributed by atoms with Crippen LogP contribution in [0, 0.1) is 5.82 Å². The Morgan fingerprint density at radius 2 is 0.897 bits per heavy atom. The van der Waals surface area contributed by atoms with E-state index in [9.17, 15) is 4.39 Å². The molecule has 0 saturated heterocycles. The first-order valence-electron chi connectivity index (χ1n) is 13.2. The van der Waals surface area contributed by atoms with E-state index in [0.717, 1.165) is 17.1 Å². The third-order valence-electron chi connectivity index (χ3n) is 7.80. The van der Waals surface area contributed by atoms with Crippen molar-refractivity contribution >= 4 is 17.1 Å². The van der Waals surface area contributed by atoms with Gasteiger partial charge in [0.2, 0.25) is 0 Å². The predicted octanol–water partition coefficient (Wildman–Crippen LogP) is 9.66. The van der Waals surface area contributed by atoms with Gasteiger partial charge in [-0.05, 0) is 81.9 Å². The van der Waals surface area contributed by atoms with Gasteiger partial charge in [0.1, 0.15) is 5.82 Å². The van der Waals surface area contributed by atoms with Gasteiger partial charge in [-0.25, -0.2) is 4.39 Å². The zero-order valence-electron chi connectivity index (χ0n) is 21.3. The molecule has 0 heterocycles. The maximum Gasteiger partial charge on any atom is 0.123 e. The van der Waals surface area contributed by atoms with Crippen LogP contribution in [-0.2, 0) is 5.41 Å². The first-order chi connectivity index (χ1) is 19.3. The molecule has 0 aromatic heterocycles. The molecule has 39 heavy (non-hydrogen) atoms. The fourth-order valence-electron chi connectivity index (χ4n) is 6.19. The highest BCUT2D eigenvalue weighted by atomic mass is 19.1. The van der Waals surface area contributed by atoms with Crippen LogP contribution in [0.25, 0.3) is 11.1 Å². The van der Waals surface area contributed by atoms with Crippen molar-refractivity contribution in [2.75, 3.05) is 4.90 Å². The second-order valence-electron chi connectivity index (χ2n) is 9.90. The third kappa shape index (κ3) is 3.68. The Morgan fingerprint density at radius 1 is 0.410 bits per heavy atom. The van der Waals surface area contributed by atoms with E-state index >= 15 is 0 Å². The van der Waals surface area contributed by atoms with Gasteiger partial charge < -0.3 is 4.90 Å². The molecule has 0 N–H and O–H groups in total. The second kappa shape index (κ2) is 9.41. The van der Waals surface area contributed by atoms with E-state index < -0.39 is 5.41 Å². The van der Waals surface area contributed by atoms with Crippen molar-refractivity contribution in [2.24, 2.45) is 0 Å². The average Bonchev–Trinajstić information content (AvgIpc) is 3.30. The van der Waals surface area contributed by atoms with E-state index in [1.54, 1.807) is 0 Å². The number of nitrogens with zero attached hydrogens (tertiary/aromatic N) is 1. The molecule has 0 fully saturated rings. The van der Waals surface area contributed by atoms with E-state index in [2.05, 4.69) is 120 Å². The highest BCUT2D eigenvalue weighted by Crippen LogP contribution is 2.57. The van der Waals surface area contributed by atoms with Crippen molar-refractivity contribution in [1.82, 2.24) is 0 Å². The first kappa shape index (κ1) is 23.2. The molecule has 0 saturated carbocycles. The molecule has 6 aromatic carbocycles. The standard InChI is InChI=1S/C37H26FN/c38-29-20-22-31(23-21-29)39(30-16-8-3-9-17-30)32-24-25-34-33-18-10-11-19-35(33)37(36(34)26-32,27-12-4-1-5-13-27)28-14-6-2-7-15-28/h1-26H. The van der Waals surface area contributed by atoms with E-state index in [-0.39, 0.29) is 5.82 Å². The fourth-order valence-corrected chi connectivity index (χ4v) is 6.19. The summed E-state index contributed by atoms with van der Waals surface area (Å²) in [6.07, 6.45) is 0. The monoisotopic (exact) mass is 503 g/mol. The molecule has 0 spiro atoms. The van der Waals surface area contributed by atoms with Crippen LogP contribution in [-0.4, -0.2) is 0 Å². The molecule has 2 heteroatoms. The molecule has 0 amide bonds. The number of para-hydroxylation sites is 1. The Bertz CT molecular complexity index is 1700. The number of anilines is 3. The van der Waals surface area contributed by atoms with E-state index in [1.807, 2.05) is 30.3 Å². The molecule has 0 aliphatic heterocycles. The number of halogens is 1. The lowest BCUT2D eigenvalue weighted by atomic mass is 9.67. The quantitative estimate of drug-likeness (QED) is 0.226. The second-order valence-corrected chi connectivity index (χ2v) is 9.90. The number of hydrogen-bond donors (Lipinski definition) is 0. The lowest BCUT2D eigenvalue weighted by Gasteiger charge is -2.35. The Labute approximate surface area is 228 Å². The molecule has 6 aromatic rings. The third-order valence-corrected chi connectivity index (χ3v) is 7.80. The van der Waals surface area contributed by atoms with Gasteiger partial charge >= 0.3 is 0 Å². The lowest BCUT2D eigenvalue weighted by molar-refractivity contribution is 0.628. The largest absolute Gasteiger partial charge is 0.310 e. The molecule has 186 valence electrons. The minimum atomic E-state index is -0.477. The summed E-state index contributed by atoms with van der Waals surface area (Å²) in [5.74, 6) is -0.247. The Hall–Kier alpha value is -4.95. The van der Waals surface area contributed by atoms with Gasteiger partial charge in [-0.3, -0.25) is 0 Å². The van der Waals surface area contributed by atoms with Crippen molar-refractivity contribution < 1.29 is 4.39 Å². The molecule has 0 bridgehead atoms. The smallest absolute Gasteiger partial charge is 0.123 e. The van der Waals surface area contributed by atoms with Crippen LogP contribution in [0.3, 0.4) is 0 Å². The van der Waals surface area contributed by atoms with E-state index in [4.69, 9.17) is 0 Å². The molecule has 7 rings (SSSR count). The van der Waals surface area contributed by atoms with Crippen LogP contribution in [0.4, 0.5) is 21.5 Å². The lowest BCUT2D eigenvalue weighted by Crippen LogP contribution is -2.28. The zero-order chi connectivity index (χ0) is 26.2. The number of rotatable bonds is 5. The van der Waals surface area contributed by atoms with Gasteiger partial charge in [-0.1, -0.05) is 109 Å². The van der Waals surface area contributed by atoms with Gasteiger partial charge in [0, 0.05) is 17.1 Å². The number of benzene rings is 6. The predicted molar refractivity (Wildman–Crippen MR) is 158 cm³/mol. The summed E-state index contributed by atoms with van der Waals surface area (Å²) in [6, 6.07) is 54.1. The maximum atomic E-state index is 13.9. The van der Waals surface area contributed by atoms with E-state index in [0.29, 0.717) is 0 Å². The minimum absolute atomic E-state index is 0.247. The van der Waals surface area contributed by atoms with E-state index in [1.165, 1.54) is 45.5 Å². The number of fused-ring (bicyclic) bond motifs is 3. The molecule has 0 radical (unpaired) electrons. The highest BCUT2D eigenvalue weighted by Gasteiger charge is 2.46. The van der Waals surface area contributed by atoms with Crippen molar-refractivity contribution in [3.05, 3.63) is 186 Å². The SMILES string of the molecule is Fc1ccc(N(c2ccccc2)c2ccc3c(c2)C(c2ccccc2)(c2ccccc2)c2ccccc2-3)cc1. The van der Waals surface area contributed by atoms with Crippen LogP contribution >= 0.6 is 0 Å². The maximum absolute atomic E-state index is 13.9. The van der Waals surface area contributed by atoms with Gasteiger partial charge in [0.15, 0.2) is 0 Å². The zero-order valence-corrected chi connectivity index (χ0v) is 21.3. The van der Waals surface area contributed by atoms with Crippen LogP contribution < -0.4 is 4.90 Å². The molecular weight excluding hydrogens is 477 g/mol. The average molecular weight is 504 g/mol. The number of hydrogen-bond acceptors (Lipinski definition) is 1. The summed E-state index contributed by atoms with van der Waals surface area (Å²) in [7, 11) is 0. The first-order valence-corrected chi connectivity index (χ1v) is 13.2. The summed E-state index contributed by atoms with van der Waals surface area (Å²) in [5, 5.41) is 0. The molecular formula is C37H26FN. The summed E-state index contributed by atoms with van der Waals surface area (Å²) in [6.45, 7) is 0. The molecule has 1 nitrogen and oxygen atoms in total. The van der Waals surface area contributed by atoms with Gasteiger partial charge in [0.05, 0.1) is 5.41 Å². The molecule has 1 aliphatic rings. The van der Waals surface area contributed by atoms with Crippen LogP contribution in [0.5, 0.6) is 0 Å². The summed E-state index contributed by atoms with van der Waals surface area (Å²) < 4.78 is 13.9. The van der Waals surface area contributed by atoms with Gasteiger partial charge in [-0.2, -0.15) is 0 Å². The summed E-state index contributed by atoms with van der Waals surface area (Å²) in [4.78, 5) is 2.20. The van der Waals surface area contributed by atoms with Crippen molar-refractivity contribution in [2.45, 2.75) is 5.41 Å². The molecule has 1 aliphatic carbocycles. The highest BCUT2D eigenvalue weighted by molar-refractivity contribution is 5.89. The van der Waals surface area contributed by atoms with Crippen molar-refractivity contribution in [1.29, 1.82) is 0 Å². The summed E-state index contributed by atoms with van der Waals surface area (Å²) >= 11 is 0. The van der Waals surface area contributed by atoms with Crippen molar-refractivity contribution in [3.8, 4) is 11.1 Å². The topological polar surface area (TPSA) is 3.24 Å². The van der Waals surface area contributed by atoms with Crippen LogP contribution in [0.15, 0.2) is 158 Å².